The summed E-state index contributed by atoms with van der Waals surface area (Å²) in [7, 11) is 0. The first-order valence-corrected chi connectivity index (χ1v) is 6.08. The number of ether oxygens (including phenoxy) is 1. The second-order valence-corrected chi connectivity index (χ2v) is 5.43. The summed E-state index contributed by atoms with van der Waals surface area (Å²) in [6, 6.07) is -0.736. The summed E-state index contributed by atoms with van der Waals surface area (Å²) in [5.74, 6) is -0.450. The van der Waals surface area contributed by atoms with Gasteiger partial charge in [0.2, 0.25) is 0 Å². The number of aromatic nitrogens is 1. The number of nitrogens with zero attached hydrogens (tertiary/aromatic N) is 1. The van der Waals surface area contributed by atoms with Crippen LogP contribution in [0.4, 0.5) is 0 Å². The maximum atomic E-state index is 12.0. The van der Waals surface area contributed by atoms with Gasteiger partial charge >= 0.3 is 5.97 Å². The molecule has 1 amide bonds. The van der Waals surface area contributed by atoms with Gasteiger partial charge < -0.3 is 14.6 Å². The third-order valence-corrected chi connectivity index (χ3v) is 2.37. The normalized spacial score (nSPS) is 12.9. The number of hydrogen-bond donors (Lipinski definition) is 1. The summed E-state index contributed by atoms with van der Waals surface area (Å²) < 4.78 is 10.1. The van der Waals surface area contributed by atoms with E-state index in [4.69, 9.17) is 9.26 Å². The van der Waals surface area contributed by atoms with Crippen molar-refractivity contribution in [1.29, 1.82) is 0 Å². The molecule has 0 aromatic carbocycles. The van der Waals surface area contributed by atoms with E-state index in [0.29, 0.717) is 17.0 Å². The summed E-state index contributed by atoms with van der Waals surface area (Å²) >= 11 is 0. The van der Waals surface area contributed by atoms with Crippen molar-refractivity contribution in [3.8, 4) is 0 Å². The highest BCUT2D eigenvalue weighted by Crippen LogP contribution is 2.13. The van der Waals surface area contributed by atoms with Gasteiger partial charge in [0, 0.05) is 0 Å². The molecule has 19 heavy (non-hydrogen) atoms. The summed E-state index contributed by atoms with van der Waals surface area (Å²) in [6.45, 7) is 10.2. The predicted octanol–water partition coefficient (Wildman–Crippen LogP) is 1.75. The molecule has 106 valence electrons. The van der Waals surface area contributed by atoms with Gasteiger partial charge in [-0.2, -0.15) is 0 Å². The van der Waals surface area contributed by atoms with E-state index in [0.717, 1.165) is 0 Å². The molecule has 0 spiro atoms. The zero-order valence-electron chi connectivity index (χ0n) is 12.2. The highest BCUT2D eigenvalue weighted by atomic mass is 16.6. The number of aryl methyl sites for hydroxylation is 2. The Bertz CT molecular complexity index is 466. The second-order valence-electron chi connectivity index (χ2n) is 5.43. The Labute approximate surface area is 112 Å². The lowest BCUT2D eigenvalue weighted by atomic mass is 10.1. The molecule has 0 bridgehead atoms. The largest absolute Gasteiger partial charge is 0.458 e. The molecular formula is C13H20N2O4. The molecule has 1 heterocycles. The zero-order valence-corrected chi connectivity index (χ0v) is 12.2. The van der Waals surface area contributed by atoms with E-state index < -0.39 is 23.5 Å². The van der Waals surface area contributed by atoms with Crippen LogP contribution in [0.3, 0.4) is 0 Å². The highest BCUT2D eigenvalue weighted by Gasteiger charge is 2.25. The molecular weight excluding hydrogens is 248 g/mol. The molecule has 6 heteroatoms. The first-order valence-electron chi connectivity index (χ1n) is 6.08. The Balaban J connectivity index is 2.70. The molecule has 0 saturated heterocycles. The third kappa shape index (κ3) is 4.08. The number of rotatable bonds is 3. The molecule has 1 aromatic rings. The fourth-order valence-electron chi connectivity index (χ4n) is 1.53. The van der Waals surface area contributed by atoms with E-state index in [1.807, 2.05) is 0 Å². The molecule has 1 aromatic heterocycles. The molecule has 6 nitrogen and oxygen atoms in total. The molecule has 0 aliphatic rings. The summed E-state index contributed by atoms with van der Waals surface area (Å²) in [6.07, 6.45) is 0. The Morgan fingerprint density at radius 2 is 1.89 bits per heavy atom. The SMILES string of the molecule is Cc1noc(C)c1C(=O)N[C@H](C)C(=O)OC(C)(C)C. The third-order valence-electron chi connectivity index (χ3n) is 2.37. The van der Waals surface area contributed by atoms with E-state index in [-0.39, 0.29) is 0 Å². The van der Waals surface area contributed by atoms with E-state index in [9.17, 15) is 9.59 Å². The number of carbonyl (C=O) groups is 2. The maximum absolute atomic E-state index is 12.0. The van der Waals surface area contributed by atoms with Crippen LogP contribution < -0.4 is 5.32 Å². The van der Waals surface area contributed by atoms with Gasteiger partial charge in [-0.3, -0.25) is 4.79 Å². The van der Waals surface area contributed by atoms with Crippen molar-refractivity contribution in [1.82, 2.24) is 10.5 Å². The Kier molecular flexibility index (Phi) is 4.34. The van der Waals surface area contributed by atoms with E-state index >= 15 is 0 Å². The monoisotopic (exact) mass is 268 g/mol. The van der Waals surface area contributed by atoms with Crippen LogP contribution in [-0.2, 0) is 9.53 Å². The van der Waals surface area contributed by atoms with Crippen LogP contribution in [-0.4, -0.2) is 28.7 Å². The lowest BCUT2D eigenvalue weighted by molar-refractivity contribution is -0.156. The molecule has 0 aliphatic carbocycles. The van der Waals surface area contributed by atoms with Gasteiger partial charge in [-0.1, -0.05) is 5.16 Å². The van der Waals surface area contributed by atoms with Gasteiger partial charge in [0.1, 0.15) is 23.0 Å². The summed E-state index contributed by atoms with van der Waals surface area (Å²) in [5, 5.41) is 6.27. The Hall–Kier alpha value is -1.85. The first kappa shape index (κ1) is 15.2. The molecule has 0 unspecified atom stereocenters. The topological polar surface area (TPSA) is 81.4 Å². The number of amides is 1. The summed E-state index contributed by atoms with van der Waals surface area (Å²) in [4.78, 5) is 23.8. The van der Waals surface area contributed by atoms with Gasteiger partial charge in [-0.25, -0.2) is 4.79 Å². The summed E-state index contributed by atoms with van der Waals surface area (Å²) in [5.41, 5.74) is 0.265. The van der Waals surface area contributed by atoms with Crippen molar-refractivity contribution in [3.05, 3.63) is 17.0 Å². The lowest BCUT2D eigenvalue weighted by Crippen LogP contribution is -2.42. The van der Waals surface area contributed by atoms with Crippen molar-refractivity contribution >= 4 is 11.9 Å². The van der Waals surface area contributed by atoms with Gasteiger partial charge in [0.15, 0.2) is 0 Å². The Morgan fingerprint density at radius 3 is 2.32 bits per heavy atom. The van der Waals surface area contributed by atoms with Gasteiger partial charge in [-0.05, 0) is 41.5 Å². The standard InChI is InChI=1S/C13H20N2O4/c1-7-10(9(3)19-15-7)11(16)14-8(2)12(17)18-13(4,5)6/h8H,1-6H3,(H,14,16)/t8-/m1/s1. The molecule has 0 radical (unpaired) electrons. The predicted molar refractivity (Wildman–Crippen MR) is 68.8 cm³/mol. The van der Waals surface area contributed by atoms with Crippen LogP contribution in [0, 0.1) is 13.8 Å². The van der Waals surface area contributed by atoms with Crippen molar-refractivity contribution in [2.75, 3.05) is 0 Å². The van der Waals surface area contributed by atoms with E-state index in [2.05, 4.69) is 10.5 Å². The van der Waals surface area contributed by atoms with Crippen LogP contribution in [0.2, 0.25) is 0 Å². The molecule has 1 N–H and O–H groups in total. The van der Waals surface area contributed by atoms with Crippen molar-refractivity contribution in [2.24, 2.45) is 0 Å². The molecule has 0 aliphatic heterocycles. The van der Waals surface area contributed by atoms with E-state index in [1.165, 1.54) is 0 Å². The van der Waals surface area contributed by atoms with Gasteiger partial charge in [0.05, 0.1) is 5.69 Å². The smallest absolute Gasteiger partial charge is 0.328 e. The molecule has 0 fully saturated rings. The Morgan fingerprint density at radius 1 is 1.32 bits per heavy atom. The second kappa shape index (κ2) is 5.42. The molecule has 1 atom stereocenters. The van der Waals surface area contributed by atoms with Gasteiger partial charge in [0.25, 0.3) is 5.91 Å². The van der Waals surface area contributed by atoms with Crippen LogP contribution in [0.5, 0.6) is 0 Å². The number of hydrogen-bond acceptors (Lipinski definition) is 5. The van der Waals surface area contributed by atoms with Crippen LogP contribution in [0.15, 0.2) is 4.52 Å². The quantitative estimate of drug-likeness (QED) is 0.845. The van der Waals surface area contributed by atoms with Crippen LogP contribution in [0.25, 0.3) is 0 Å². The number of nitrogens with one attached hydrogen (secondary N) is 1. The fourth-order valence-corrected chi connectivity index (χ4v) is 1.53. The van der Waals surface area contributed by atoms with Crippen molar-refractivity contribution in [3.63, 3.8) is 0 Å². The fraction of sp³-hybridized carbons (Fsp3) is 0.615. The molecule has 0 saturated carbocycles. The number of esters is 1. The minimum Gasteiger partial charge on any atom is -0.458 e. The maximum Gasteiger partial charge on any atom is 0.328 e. The van der Waals surface area contributed by atoms with Crippen molar-refractivity contribution < 1.29 is 18.8 Å². The minimum absolute atomic E-state index is 0.357. The van der Waals surface area contributed by atoms with Gasteiger partial charge in [-0.15, -0.1) is 0 Å². The molecule has 1 rings (SSSR count). The minimum atomic E-state index is -0.736. The zero-order chi connectivity index (χ0) is 14.8. The van der Waals surface area contributed by atoms with E-state index in [1.54, 1.807) is 41.5 Å². The first-order chi connectivity index (χ1) is 8.61. The highest BCUT2D eigenvalue weighted by molar-refractivity contribution is 5.98. The van der Waals surface area contributed by atoms with Crippen LogP contribution in [0.1, 0.15) is 49.5 Å². The lowest BCUT2D eigenvalue weighted by Gasteiger charge is -2.22. The average molecular weight is 268 g/mol. The average Bonchev–Trinajstić information content (AvgIpc) is 2.55. The van der Waals surface area contributed by atoms with Crippen molar-refractivity contribution in [2.45, 2.75) is 53.2 Å². The van der Waals surface area contributed by atoms with Crippen LogP contribution >= 0.6 is 0 Å². The number of carbonyl (C=O) groups excluding carboxylic acids is 2.